The number of para-hydroxylation sites is 1. The summed E-state index contributed by atoms with van der Waals surface area (Å²) in [6.45, 7) is 1.89. The second kappa shape index (κ2) is 7.99. The Morgan fingerprint density at radius 1 is 1.12 bits per heavy atom. The van der Waals surface area contributed by atoms with Gasteiger partial charge in [-0.1, -0.05) is 18.2 Å². The molecule has 0 saturated carbocycles. The van der Waals surface area contributed by atoms with Crippen LogP contribution in [0.3, 0.4) is 0 Å². The third kappa shape index (κ3) is 4.28. The van der Waals surface area contributed by atoms with Crippen LogP contribution in [0.1, 0.15) is 10.5 Å². The van der Waals surface area contributed by atoms with Crippen molar-refractivity contribution in [3.8, 4) is 17.0 Å². The van der Waals surface area contributed by atoms with Crippen molar-refractivity contribution in [1.82, 2.24) is 9.88 Å². The molecule has 3 rings (SSSR count). The highest BCUT2D eigenvalue weighted by Crippen LogP contribution is 2.29. The molecule has 0 aliphatic carbocycles. The Kier molecular flexibility index (Phi) is 4.37. The minimum atomic E-state index is -2.45. The van der Waals surface area contributed by atoms with Gasteiger partial charge in [0.1, 0.15) is 5.75 Å². The average molecular weight is 338 g/mol. The summed E-state index contributed by atoms with van der Waals surface area (Å²) in [6.07, 6.45) is 1.04. The Morgan fingerprint density at radius 3 is 2.68 bits per heavy atom. The van der Waals surface area contributed by atoms with Gasteiger partial charge in [0.25, 0.3) is 0 Å². The van der Waals surface area contributed by atoms with Gasteiger partial charge < -0.3 is 15.0 Å². The topological polar surface area (TPSA) is 37.4 Å². The summed E-state index contributed by atoms with van der Waals surface area (Å²) in [5, 5.41) is 4.61. The van der Waals surface area contributed by atoms with Crippen molar-refractivity contribution >= 4 is 16.6 Å². The van der Waals surface area contributed by atoms with Crippen molar-refractivity contribution in [2.24, 2.45) is 0 Å². The molecule has 1 N–H and O–H groups in total. The molecule has 0 saturated heterocycles. The number of fused-ring (bicyclic) bond motifs is 1. The number of hydrogen-bond donors (Lipinski definition) is 1. The lowest BCUT2D eigenvalue weighted by Gasteiger charge is -2.14. The van der Waals surface area contributed by atoms with Crippen LogP contribution in [0.25, 0.3) is 22.2 Å². The lowest BCUT2D eigenvalue weighted by Crippen LogP contribution is -2.16. The Balaban J connectivity index is 1.86. The summed E-state index contributed by atoms with van der Waals surface area (Å²) in [5.41, 5.74) is 3.69. The van der Waals surface area contributed by atoms with Gasteiger partial charge >= 0.3 is 0 Å². The molecule has 130 valence electrons. The molecule has 3 aromatic rings. The Bertz CT molecular complexity index is 924. The fourth-order valence-electron chi connectivity index (χ4n) is 2.78. The van der Waals surface area contributed by atoms with Crippen LogP contribution in [-0.4, -0.2) is 44.1 Å². The second-order valence-corrected chi connectivity index (χ2v) is 6.28. The third-order valence-electron chi connectivity index (χ3n) is 4.08. The number of aromatic nitrogens is 1. The molecular formula is C21H25N3O. The first-order chi connectivity index (χ1) is 13.3. The first kappa shape index (κ1) is 13.7. The molecule has 0 atom stereocenters. The van der Waals surface area contributed by atoms with Crippen LogP contribution in [0.5, 0.6) is 5.75 Å². The monoisotopic (exact) mass is 338 g/mol. The fraction of sp³-hybridized carbons (Fsp3) is 0.286. The summed E-state index contributed by atoms with van der Waals surface area (Å²) < 4.78 is 26.5. The molecule has 0 unspecified atom stereocenters. The van der Waals surface area contributed by atoms with E-state index in [9.17, 15) is 0 Å². The average Bonchev–Trinajstić information content (AvgIpc) is 2.64. The van der Waals surface area contributed by atoms with Crippen LogP contribution in [0.4, 0.5) is 5.69 Å². The normalized spacial score (nSPS) is 13.3. The van der Waals surface area contributed by atoms with Crippen molar-refractivity contribution in [2.45, 2.75) is 6.42 Å². The lowest BCUT2D eigenvalue weighted by molar-refractivity contribution is 0.405. The molecule has 0 radical (unpaired) electrons. The highest BCUT2D eigenvalue weighted by atomic mass is 16.5. The number of ether oxygens (including phenoxy) is 1. The molecular weight excluding hydrogens is 310 g/mol. The molecule has 0 fully saturated rings. The number of benzene rings is 2. The van der Waals surface area contributed by atoms with E-state index in [1.165, 1.54) is 0 Å². The van der Waals surface area contributed by atoms with E-state index in [0.717, 1.165) is 47.4 Å². The number of pyridine rings is 1. The standard InChI is InChI=1S/C21H25N3O/c1-24(2)14-6-13-22-21-15-20(16-9-11-17(25-3)12-10-16)23-19-8-5-4-7-18(19)21/h4-5,7-12,15H,6,13-14H2,1-3H3,(H,22,23)/i3D3. The van der Waals surface area contributed by atoms with E-state index >= 15 is 0 Å². The maximum absolute atomic E-state index is 7.20. The van der Waals surface area contributed by atoms with Crippen molar-refractivity contribution < 1.29 is 8.85 Å². The van der Waals surface area contributed by atoms with Gasteiger partial charge in [-0.25, -0.2) is 4.98 Å². The van der Waals surface area contributed by atoms with E-state index in [1.54, 1.807) is 12.1 Å². The van der Waals surface area contributed by atoms with Gasteiger partial charge in [-0.3, -0.25) is 0 Å². The quantitative estimate of drug-likeness (QED) is 0.653. The first-order valence-corrected chi connectivity index (χ1v) is 8.40. The van der Waals surface area contributed by atoms with Crippen molar-refractivity contribution in [3.63, 3.8) is 0 Å². The minimum absolute atomic E-state index is 0.312. The minimum Gasteiger partial charge on any atom is -0.497 e. The maximum atomic E-state index is 7.20. The van der Waals surface area contributed by atoms with Gasteiger partial charge in [0.2, 0.25) is 0 Å². The first-order valence-electron chi connectivity index (χ1n) is 9.90. The zero-order chi connectivity index (χ0) is 20.1. The van der Waals surface area contributed by atoms with Crippen LogP contribution in [0.15, 0.2) is 54.6 Å². The highest BCUT2D eigenvalue weighted by molar-refractivity contribution is 5.93. The number of hydrogen-bond acceptors (Lipinski definition) is 4. The predicted octanol–water partition coefficient (Wildman–Crippen LogP) is 4.27. The third-order valence-corrected chi connectivity index (χ3v) is 4.08. The highest BCUT2D eigenvalue weighted by Gasteiger charge is 2.07. The van der Waals surface area contributed by atoms with Crippen LogP contribution in [0, 0.1) is 0 Å². The van der Waals surface area contributed by atoms with Gasteiger partial charge in [0, 0.05) is 23.2 Å². The van der Waals surface area contributed by atoms with Gasteiger partial charge in [0.15, 0.2) is 0 Å². The van der Waals surface area contributed by atoms with Crippen LogP contribution >= 0.6 is 0 Å². The summed E-state index contributed by atoms with van der Waals surface area (Å²) >= 11 is 0. The number of nitrogens with zero attached hydrogens (tertiary/aromatic N) is 2. The van der Waals surface area contributed by atoms with E-state index in [0.29, 0.717) is 5.75 Å². The molecule has 1 aromatic heterocycles. The number of rotatable bonds is 7. The van der Waals surface area contributed by atoms with Gasteiger partial charge in [-0.15, -0.1) is 0 Å². The second-order valence-electron chi connectivity index (χ2n) is 6.28. The Hall–Kier alpha value is -2.59. The van der Waals surface area contributed by atoms with E-state index < -0.39 is 7.04 Å². The summed E-state index contributed by atoms with van der Waals surface area (Å²) in [4.78, 5) is 6.93. The molecule has 4 nitrogen and oxygen atoms in total. The van der Waals surface area contributed by atoms with Crippen LogP contribution in [-0.2, 0) is 0 Å². The summed E-state index contributed by atoms with van der Waals surface area (Å²) in [5.74, 6) is 0.312. The Morgan fingerprint density at radius 2 is 1.92 bits per heavy atom. The van der Waals surface area contributed by atoms with Crippen molar-refractivity contribution in [2.75, 3.05) is 39.5 Å². The zero-order valence-corrected chi connectivity index (χ0v) is 14.6. The number of nitrogens with one attached hydrogen (secondary N) is 1. The van der Waals surface area contributed by atoms with Crippen molar-refractivity contribution in [3.05, 3.63) is 54.6 Å². The lowest BCUT2D eigenvalue weighted by atomic mass is 10.1. The molecule has 4 heteroatoms. The van der Waals surface area contributed by atoms with E-state index in [-0.39, 0.29) is 0 Å². The molecule has 0 aliphatic heterocycles. The van der Waals surface area contributed by atoms with E-state index in [4.69, 9.17) is 13.8 Å². The van der Waals surface area contributed by atoms with Crippen molar-refractivity contribution in [1.29, 1.82) is 0 Å². The molecule has 0 aliphatic rings. The van der Waals surface area contributed by atoms with Crippen LogP contribution in [0.2, 0.25) is 0 Å². The number of methoxy groups -OCH3 is 1. The summed E-state index contributed by atoms with van der Waals surface area (Å²) in [7, 11) is 1.69. The molecule has 25 heavy (non-hydrogen) atoms. The van der Waals surface area contributed by atoms with Gasteiger partial charge in [0.05, 0.1) is 22.4 Å². The van der Waals surface area contributed by atoms with Gasteiger partial charge in [-0.2, -0.15) is 0 Å². The molecule has 0 bridgehead atoms. The fourth-order valence-corrected chi connectivity index (χ4v) is 2.78. The van der Waals surface area contributed by atoms with Gasteiger partial charge in [-0.05, 0) is 63.5 Å². The maximum Gasteiger partial charge on any atom is 0.118 e. The Labute approximate surface area is 153 Å². The predicted molar refractivity (Wildman–Crippen MR) is 105 cm³/mol. The smallest absolute Gasteiger partial charge is 0.118 e. The SMILES string of the molecule is [2H]C([2H])([2H])Oc1ccc(-c2cc(NCCCN(C)C)c3ccccc3n2)cc1. The zero-order valence-electron chi connectivity index (χ0n) is 17.6. The molecule has 2 aromatic carbocycles. The molecule has 0 amide bonds. The van der Waals surface area contributed by atoms with E-state index in [1.807, 2.05) is 36.4 Å². The van der Waals surface area contributed by atoms with E-state index in [2.05, 4.69) is 30.4 Å². The largest absolute Gasteiger partial charge is 0.497 e. The molecule has 0 spiro atoms. The summed E-state index contributed by atoms with van der Waals surface area (Å²) in [6, 6.07) is 17.0. The van der Waals surface area contributed by atoms with Crippen LogP contribution < -0.4 is 10.1 Å². The molecule has 1 heterocycles. The number of anilines is 1.